The molecule has 10 rings (SSSR count). The van der Waals surface area contributed by atoms with Crippen molar-refractivity contribution in [2.45, 2.75) is 59.3 Å². The first-order chi connectivity index (χ1) is 30.1. The van der Waals surface area contributed by atoms with Gasteiger partial charge in [0.15, 0.2) is 0 Å². The number of hydrogen-bond donors (Lipinski definition) is 0. The minimum absolute atomic E-state index is 0.0366. The molecular formula is C55H46. The quantitative estimate of drug-likeness (QED) is 0.119. The Kier molecular flexibility index (Phi) is 6.04. The molecule has 0 heteroatoms. The van der Waals surface area contributed by atoms with Crippen molar-refractivity contribution in [1.29, 1.82) is 0 Å². The van der Waals surface area contributed by atoms with Crippen LogP contribution in [0.1, 0.15) is 87.0 Å². The minimum atomic E-state index is -0.286. The first-order valence-electron chi connectivity index (χ1n) is 23.4. The summed E-state index contributed by atoms with van der Waals surface area (Å²) in [5.74, 6) is 0.937. The third-order valence-electron chi connectivity index (χ3n) is 11.6. The second-order valence-corrected chi connectivity index (χ2v) is 16.0. The van der Waals surface area contributed by atoms with Gasteiger partial charge in [-0.2, -0.15) is 0 Å². The van der Waals surface area contributed by atoms with E-state index in [0.717, 1.165) is 43.4 Å². The van der Waals surface area contributed by atoms with Gasteiger partial charge in [0.1, 0.15) is 0 Å². The topological polar surface area (TPSA) is 0 Å². The molecule has 0 aliphatic heterocycles. The Labute approximate surface area is 335 Å². The predicted octanol–water partition coefficient (Wildman–Crippen LogP) is 16.4. The highest BCUT2D eigenvalue weighted by atomic mass is 14.2. The molecule has 0 aliphatic rings. The van der Waals surface area contributed by atoms with Crippen LogP contribution in [0.2, 0.25) is 0 Å². The smallest absolute Gasteiger partial charge is 0.0616 e. The number of fused-ring (bicyclic) bond motifs is 3. The number of hydrogen-bond acceptors (Lipinski definition) is 0. The average molecular weight is 715 g/mol. The van der Waals surface area contributed by atoms with E-state index in [2.05, 4.69) is 84.0 Å². The molecule has 0 aliphatic carbocycles. The molecule has 0 radical (unpaired) electrons. The summed E-state index contributed by atoms with van der Waals surface area (Å²) in [6, 6.07) is 33.1. The lowest BCUT2D eigenvalue weighted by Gasteiger charge is -2.21. The van der Waals surface area contributed by atoms with Gasteiger partial charge < -0.3 is 0 Å². The maximum Gasteiger partial charge on any atom is 0.0630 e. The molecule has 0 aromatic heterocycles. The Balaban J connectivity index is 1.38. The van der Waals surface area contributed by atoms with E-state index in [0.29, 0.717) is 50.8 Å². The van der Waals surface area contributed by atoms with Crippen LogP contribution in [-0.2, 0) is 0 Å². The van der Waals surface area contributed by atoms with Crippen LogP contribution in [0.5, 0.6) is 0 Å². The second kappa shape index (κ2) is 12.8. The molecule has 0 heterocycles. The van der Waals surface area contributed by atoms with Crippen molar-refractivity contribution in [1.82, 2.24) is 0 Å². The van der Waals surface area contributed by atoms with Gasteiger partial charge in [-0.15, -0.1) is 0 Å². The third-order valence-corrected chi connectivity index (χ3v) is 11.6. The first kappa shape index (κ1) is 25.9. The molecule has 0 saturated carbocycles. The van der Waals surface area contributed by atoms with E-state index < -0.39 is 0 Å². The van der Waals surface area contributed by atoms with Crippen molar-refractivity contribution in [2.24, 2.45) is 0 Å². The molecule has 0 nitrogen and oxygen atoms in total. The zero-order valence-corrected chi connectivity index (χ0v) is 32.0. The highest BCUT2D eigenvalue weighted by Crippen LogP contribution is 2.48. The lowest BCUT2D eigenvalue weighted by Crippen LogP contribution is -1.97. The summed E-state index contributed by atoms with van der Waals surface area (Å²) in [4.78, 5) is 0. The summed E-state index contributed by atoms with van der Waals surface area (Å²) in [6.07, 6.45) is 0. The lowest BCUT2D eigenvalue weighted by molar-refractivity contribution is 0.835. The van der Waals surface area contributed by atoms with Crippen LogP contribution >= 0.6 is 0 Å². The van der Waals surface area contributed by atoms with E-state index in [4.69, 9.17) is 0 Å². The van der Waals surface area contributed by atoms with Crippen LogP contribution in [-0.4, -0.2) is 0 Å². The van der Waals surface area contributed by atoms with E-state index in [1.54, 1.807) is 0 Å². The summed E-state index contributed by atoms with van der Waals surface area (Å²) in [5.41, 5.74) is 7.66. The van der Waals surface area contributed by atoms with Crippen molar-refractivity contribution in [3.63, 3.8) is 0 Å². The van der Waals surface area contributed by atoms with Crippen LogP contribution in [0.4, 0.5) is 0 Å². The van der Waals surface area contributed by atoms with E-state index >= 15 is 0 Å². The number of benzene rings is 10. The maximum atomic E-state index is 9.83. The molecule has 0 atom stereocenters. The summed E-state index contributed by atoms with van der Waals surface area (Å²) in [5, 5.41) is 6.62. The van der Waals surface area contributed by atoms with Gasteiger partial charge in [-0.25, -0.2) is 0 Å². The van der Waals surface area contributed by atoms with Crippen molar-refractivity contribution in [3.8, 4) is 33.4 Å². The molecule has 10 aromatic carbocycles. The van der Waals surface area contributed by atoms with Crippen molar-refractivity contribution in [3.05, 3.63) is 168 Å². The van der Waals surface area contributed by atoms with Crippen molar-refractivity contribution >= 4 is 64.6 Å². The highest BCUT2D eigenvalue weighted by Gasteiger charge is 2.21. The Bertz CT molecular complexity index is 3500. The standard InChI is InChI=1S/C55H46/c1-32(2)37-15-16-39-28-40(18-17-38(39)27-37)44-23-19-35-21-25-50-51(26-22-36-20-24-49(44)53(35)54(36)50)55-47-13-9-7-11-45(47)52(46-12-8-10-14-48(46)55)43-30-41(33(3)4)29-42(31-43)34(5)6/h7-34H,1-6H3/i19D,20D,21D,22D,23D,24D,25D,26D. The van der Waals surface area contributed by atoms with Crippen LogP contribution < -0.4 is 0 Å². The fraction of sp³-hybridized carbons (Fsp3) is 0.164. The summed E-state index contributed by atoms with van der Waals surface area (Å²) < 4.78 is 76.9. The predicted molar refractivity (Wildman–Crippen MR) is 241 cm³/mol. The van der Waals surface area contributed by atoms with Crippen molar-refractivity contribution in [2.75, 3.05) is 0 Å². The normalized spacial score (nSPS) is 14.3. The molecule has 0 bridgehead atoms. The van der Waals surface area contributed by atoms with Gasteiger partial charge in [-0.05, 0) is 139 Å². The summed E-state index contributed by atoms with van der Waals surface area (Å²) in [6.45, 7) is 13.1. The highest BCUT2D eigenvalue weighted by molar-refractivity contribution is 6.30. The van der Waals surface area contributed by atoms with E-state index in [1.807, 2.05) is 60.7 Å². The average Bonchev–Trinajstić information content (AvgIpc) is 3.27. The van der Waals surface area contributed by atoms with E-state index in [-0.39, 0.29) is 69.9 Å². The van der Waals surface area contributed by atoms with Crippen LogP contribution in [0.3, 0.4) is 0 Å². The molecule has 0 amide bonds. The monoisotopic (exact) mass is 714 g/mol. The molecule has 0 fully saturated rings. The Hall–Kier alpha value is -5.98. The number of rotatable bonds is 6. The molecule has 266 valence electrons. The largest absolute Gasteiger partial charge is 0.0630 e. The fourth-order valence-electron chi connectivity index (χ4n) is 8.57. The van der Waals surface area contributed by atoms with Crippen molar-refractivity contribution < 1.29 is 11.0 Å². The fourth-order valence-corrected chi connectivity index (χ4v) is 8.57. The van der Waals surface area contributed by atoms with E-state index in [9.17, 15) is 11.0 Å². The molecular weight excluding hydrogens is 661 g/mol. The Morgan fingerprint density at radius 3 is 1.38 bits per heavy atom. The van der Waals surface area contributed by atoms with Gasteiger partial charge in [0.2, 0.25) is 0 Å². The zero-order chi connectivity index (χ0) is 44.5. The van der Waals surface area contributed by atoms with Gasteiger partial charge in [0, 0.05) is 0 Å². The lowest BCUT2D eigenvalue weighted by atomic mass is 9.82. The van der Waals surface area contributed by atoms with Crippen LogP contribution in [0, 0.1) is 0 Å². The first-order valence-corrected chi connectivity index (χ1v) is 19.4. The Morgan fingerprint density at radius 2 is 0.818 bits per heavy atom. The molecule has 0 saturated heterocycles. The van der Waals surface area contributed by atoms with Gasteiger partial charge in [-0.1, -0.05) is 187 Å². The maximum absolute atomic E-state index is 9.83. The van der Waals surface area contributed by atoms with Gasteiger partial charge in [0.05, 0.1) is 11.0 Å². The molecule has 0 unspecified atom stereocenters. The van der Waals surface area contributed by atoms with E-state index in [1.165, 1.54) is 16.7 Å². The van der Waals surface area contributed by atoms with Gasteiger partial charge in [0.25, 0.3) is 0 Å². The summed E-state index contributed by atoms with van der Waals surface area (Å²) >= 11 is 0. The molecule has 55 heavy (non-hydrogen) atoms. The van der Waals surface area contributed by atoms with Crippen LogP contribution in [0.15, 0.2) is 151 Å². The summed E-state index contributed by atoms with van der Waals surface area (Å²) in [7, 11) is 0. The van der Waals surface area contributed by atoms with Gasteiger partial charge >= 0.3 is 0 Å². The molecule has 0 N–H and O–H groups in total. The minimum Gasteiger partial charge on any atom is -0.0616 e. The third kappa shape index (κ3) is 5.34. The SMILES string of the molecule is [2H]c1c([2H])c2c([2H])c([2H])c3c(-c4c5ccccc5c(-c5cc(C(C)C)cc(C(C)C)c5)c5ccccc45)c([2H])c([2H])c4c([2H])c([2H])c(c1-c1ccc5cc(C(C)C)ccc5c1)c2c43. The Morgan fingerprint density at radius 1 is 0.345 bits per heavy atom. The molecule has 10 aromatic rings. The molecule has 0 spiro atoms. The second-order valence-electron chi connectivity index (χ2n) is 16.0. The van der Waals surface area contributed by atoms with Gasteiger partial charge in [-0.3, -0.25) is 0 Å². The zero-order valence-electron chi connectivity index (χ0n) is 40.0. The van der Waals surface area contributed by atoms with Crippen LogP contribution in [0.25, 0.3) is 98.0 Å².